The molecule has 1 unspecified atom stereocenters. The van der Waals surface area contributed by atoms with Crippen LogP contribution in [0.5, 0.6) is 0 Å². The van der Waals surface area contributed by atoms with Crippen LogP contribution in [0.15, 0.2) is 24.3 Å². The molecule has 110 valence electrons. The monoisotopic (exact) mass is 276 g/mol. The van der Waals surface area contributed by atoms with Gasteiger partial charge in [0.1, 0.15) is 5.60 Å². The quantitative estimate of drug-likeness (QED) is 0.789. The highest BCUT2D eigenvalue weighted by molar-refractivity contribution is 5.90. The van der Waals surface area contributed by atoms with Crippen LogP contribution < -0.4 is 10.6 Å². The molecule has 1 aromatic rings. The van der Waals surface area contributed by atoms with E-state index in [0.29, 0.717) is 6.54 Å². The predicted octanol–water partition coefficient (Wildman–Crippen LogP) is 3.47. The van der Waals surface area contributed by atoms with Crippen LogP contribution in [-0.4, -0.2) is 18.2 Å². The number of carbonyl (C=O) groups is 1. The van der Waals surface area contributed by atoms with Gasteiger partial charge < -0.3 is 10.5 Å². The summed E-state index contributed by atoms with van der Waals surface area (Å²) in [7, 11) is 0. The van der Waals surface area contributed by atoms with Gasteiger partial charge in [0.05, 0.1) is 5.69 Å². The lowest BCUT2D eigenvalue weighted by atomic mass is 9.77. The number of ether oxygens (including phenoxy) is 1. The van der Waals surface area contributed by atoms with Crippen molar-refractivity contribution in [3.05, 3.63) is 29.8 Å². The van der Waals surface area contributed by atoms with E-state index >= 15 is 0 Å². The van der Waals surface area contributed by atoms with Gasteiger partial charge in [-0.05, 0) is 32.4 Å². The van der Waals surface area contributed by atoms with Crippen molar-refractivity contribution in [2.45, 2.75) is 46.3 Å². The molecule has 4 heteroatoms. The number of benzene rings is 1. The third kappa shape index (κ3) is 2.80. The van der Waals surface area contributed by atoms with E-state index in [1.165, 1.54) is 0 Å². The summed E-state index contributed by atoms with van der Waals surface area (Å²) in [6, 6.07) is 7.69. The Morgan fingerprint density at radius 2 is 1.95 bits per heavy atom. The molecule has 0 saturated carbocycles. The highest BCUT2D eigenvalue weighted by Crippen LogP contribution is 2.42. The first kappa shape index (κ1) is 14.9. The molecule has 0 bridgehead atoms. The van der Waals surface area contributed by atoms with Crippen LogP contribution in [0.1, 0.15) is 46.2 Å². The summed E-state index contributed by atoms with van der Waals surface area (Å²) in [5, 5.41) is 0. The largest absolute Gasteiger partial charge is 0.443 e. The Hall–Kier alpha value is -1.55. The fraction of sp³-hybridized carbons (Fsp3) is 0.562. The summed E-state index contributed by atoms with van der Waals surface area (Å²) >= 11 is 0. The number of amides is 1. The van der Waals surface area contributed by atoms with Crippen molar-refractivity contribution in [3.8, 4) is 0 Å². The Balaban J connectivity index is 2.39. The number of nitrogens with zero attached hydrogens (tertiary/aromatic N) is 1. The molecule has 0 aliphatic carbocycles. The van der Waals surface area contributed by atoms with Crippen LogP contribution >= 0.6 is 0 Å². The first-order chi connectivity index (χ1) is 9.12. The maximum Gasteiger partial charge on any atom is 0.414 e. The zero-order chi connectivity index (χ0) is 15.1. The summed E-state index contributed by atoms with van der Waals surface area (Å²) in [6.45, 7) is 10.3. The molecule has 1 aliphatic rings. The SMILES string of the molecule is CC(C)(C)OC(=O)N1CC(C)(C)C(N)c2ccccc21. The van der Waals surface area contributed by atoms with Crippen molar-refractivity contribution in [2.75, 3.05) is 11.4 Å². The normalized spacial score (nSPS) is 21.3. The van der Waals surface area contributed by atoms with Gasteiger partial charge >= 0.3 is 6.09 Å². The lowest BCUT2D eigenvalue weighted by Crippen LogP contribution is -2.49. The fourth-order valence-electron chi connectivity index (χ4n) is 2.49. The second-order valence-electron chi connectivity index (χ2n) is 7.09. The van der Waals surface area contributed by atoms with Crippen molar-refractivity contribution < 1.29 is 9.53 Å². The van der Waals surface area contributed by atoms with Gasteiger partial charge in [-0.15, -0.1) is 0 Å². The molecule has 4 nitrogen and oxygen atoms in total. The Bertz CT molecular complexity index is 517. The fourth-order valence-corrected chi connectivity index (χ4v) is 2.49. The third-order valence-corrected chi connectivity index (χ3v) is 3.58. The Morgan fingerprint density at radius 3 is 2.55 bits per heavy atom. The minimum absolute atomic E-state index is 0.0858. The van der Waals surface area contributed by atoms with Crippen LogP contribution in [0.3, 0.4) is 0 Å². The minimum atomic E-state index is -0.504. The molecule has 1 aliphatic heterocycles. The summed E-state index contributed by atoms with van der Waals surface area (Å²) in [5.74, 6) is 0. The molecule has 0 saturated heterocycles. The first-order valence-corrected chi connectivity index (χ1v) is 6.97. The lowest BCUT2D eigenvalue weighted by molar-refractivity contribution is 0.0555. The molecule has 1 amide bonds. The van der Waals surface area contributed by atoms with Crippen molar-refractivity contribution >= 4 is 11.8 Å². The van der Waals surface area contributed by atoms with E-state index in [1.807, 2.05) is 45.0 Å². The molecule has 2 rings (SSSR count). The van der Waals surface area contributed by atoms with Gasteiger partial charge in [-0.25, -0.2) is 4.79 Å². The van der Waals surface area contributed by atoms with Gasteiger partial charge in [-0.2, -0.15) is 0 Å². The average Bonchev–Trinajstić information content (AvgIpc) is 2.32. The van der Waals surface area contributed by atoms with Crippen molar-refractivity contribution in [3.63, 3.8) is 0 Å². The maximum atomic E-state index is 12.4. The van der Waals surface area contributed by atoms with Crippen LogP contribution in [0.25, 0.3) is 0 Å². The van der Waals surface area contributed by atoms with Crippen LogP contribution in [0.2, 0.25) is 0 Å². The number of rotatable bonds is 0. The third-order valence-electron chi connectivity index (χ3n) is 3.58. The Labute approximate surface area is 120 Å². The second kappa shape index (κ2) is 4.77. The molecule has 1 aromatic carbocycles. The van der Waals surface area contributed by atoms with Gasteiger partial charge in [0.25, 0.3) is 0 Å². The summed E-state index contributed by atoms with van der Waals surface area (Å²) in [5.41, 5.74) is 7.49. The van der Waals surface area contributed by atoms with E-state index in [1.54, 1.807) is 4.90 Å². The summed E-state index contributed by atoms with van der Waals surface area (Å²) in [6.07, 6.45) is -0.315. The Kier molecular flexibility index (Phi) is 3.54. The molecule has 20 heavy (non-hydrogen) atoms. The highest BCUT2D eigenvalue weighted by Gasteiger charge is 2.40. The van der Waals surface area contributed by atoms with E-state index in [2.05, 4.69) is 13.8 Å². The molecule has 1 heterocycles. The van der Waals surface area contributed by atoms with E-state index in [9.17, 15) is 4.79 Å². The lowest BCUT2D eigenvalue weighted by Gasteiger charge is -2.43. The maximum absolute atomic E-state index is 12.4. The molecule has 0 aromatic heterocycles. The molecule has 0 radical (unpaired) electrons. The highest BCUT2D eigenvalue weighted by atomic mass is 16.6. The van der Waals surface area contributed by atoms with Crippen LogP contribution in [-0.2, 0) is 4.74 Å². The smallest absolute Gasteiger partial charge is 0.414 e. The summed E-state index contributed by atoms with van der Waals surface area (Å²) < 4.78 is 5.51. The molecule has 2 N–H and O–H groups in total. The van der Waals surface area contributed by atoms with E-state index in [-0.39, 0.29) is 17.6 Å². The van der Waals surface area contributed by atoms with Crippen molar-refractivity contribution in [1.29, 1.82) is 0 Å². The van der Waals surface area contributed by atoms with Gasteiger partial charge in [-0.3, -0.25) is 4.90 Å². The van der Waals surface area contributed by atoms with E-state index < -0.39 is 5.60 Å². The van der Waals surface area contributed by atoms with Gasteiger partial charge in [0, 0.05) is 18.0 Å². The number of anilines is 1. The zero-order valence-corrected chi connectivity index (χ0v) is 12.9. The molecular formula is C16H24N2O2. The van der Waals surface area contributed by atoms with Crippen LogP contribution in [0, 0.1) is 5.41 Å². The zero-order valence-electron chi connectivity index (χ0n) is 12.9. The summed E-state index contributed by atoms with van der Waals surface area (Å²) in [4.78, 5) is 14.1. The first-order valence-electron chi connectivity index (χ1n) is 6.97. The number of hydrogen-bond donors (Lipinski definition) is 1. The molecular weight excluding hydrogens is 252 g/mol. The molecule has 0 fully saturated rings. The standard InChI is InChI=1S/C16H24N2O2/c1-15(2,3)20-14(19)18-10-16(4,5)13(17)11-8-6-7-9-12(11)18/h6-9,13H,10,17H2,1-5H3. The number of para-hydroxylation sites is 1. The Morgan fingerprint density at radius 1 is 1.35 bits per heavy atom. The van der Waals surface area contributed by atoms with E-state index in [4.69, 9.17) is 10.5 Å². The van der Waals surface area contributed by atoms with E-state index in [0.717, 1.165) is 11.3 Å². The van der Waals surface area contributed by atoms with Crippen molar-refractivity contribution in [2.24, 2.45) is 11.1 Å². The molecule has 0 spiro atoms. The number of nitrogens with two attached hydrogens (primary N) is 1. The molecule has 1 atom stereocenters. The van der Waals surface area contributed by atoms with Crippen molar-refractivity contribution in [1.82, 2.24) is 0 Å². The predicted molar refractivity (Wildman–Crippen MR) is 80.7 cm³/mol. The number of fused-ring (bicyclic) bond motifs is 1. The van der Waals surface area contributed by atoms with Gasteiger partial charge in [0.2, 0.25) is 0 Å². The minimum Gasteiger partial charge on any atom is -0.443 e. The topological polar surface area (TPSA) is 55.6 Å². The van der Waals surface area contributed by atoms with Gasteiger partial charge in [0.15, 0.2) is 0 Å². The average molecular weight is 276 g/mol. The number of carbonyl (C=O) groups excluding carboxylic acids is 1. The number of hydrogen-bond acceptors (Lipinski definition) is 3. The van der Waals surface area contributed by atoms with Crippen LogP contribution in [0.4, 0.5) is 10.5 Å². The second-order valence-corrected chi connectivity index (χ2v) is 7.09. The van der Waals surface area contributed by atoms with Gasteiger partial charge in [-0.1, -0.05) is 32.0 Å².